The largest absolute Gasteiger partial charge is 0.481 e. The van der Waals surface area contributed by atoms with Crippen LogP contribution in [0.3, 0.4) is 0 Å². The van der Waals surface area contributed by atoms with Gasteiger partial charge in [0.05, 0.1) is 12.2 Å². The maximum absolute atomic E-state index is 14.5. The molecular formula is C24H35FO4. The maximum Gasteiger partial charge on any atom is 0.303 e. The Bertz CT molecular complexity index is 643. The number of carboxylic acid groups (broad SMARTS) is 1. The number of allylic oxidation sites excluding steroid dienone is 2. The van der Waals surface area contributed by atoms with Crippen LogP contribution in [0.1, 0.15) is 87.9 Å². The molecule has 3 N–H and O–H groups in total. The molecule has 0 bridgehead atoms. The molecule has 0 amide bonds. The monoisotopic (exact) mass is 406 g/mol. The fourth-order valence-electron chi connectivity index (χ4n) is 4.26. The minimum Gasteiger partial charge on any atom is -0.481 e. The third-order valence-corrected chi connectivity index (χ3v) is 5.93. The van der Waals surface area contributed by atoms with E-state index in [0.29, 0.717) is 19.3 Å². The molecule has 5 atom stereocenters. The van der Waals surface area contributed by atoms with E-state index >= 15 is 0 Å². The van der Waals surface area contributed by atoms with E-state index in [9.17, 15) is 19.4 Å². The standard InChI is InChI=1S/C24H35FO4/c1-2-3-6-10-21(26)17-12-14-18(15-13-17)24-19(20(25)16-22(24)27)9-7-4-5-8-11-23(28)29/h4,7,12-15,19-22,24,26-27H,2-3,5-6,8-11,16H2,1H3,(H,28,29)/t19-,20+,21?,22+,24+/m0/s1. The molecule has 0 aliphatic heterocycles. The molecule has 0 aromatic heterocycles. The van der Waals surface area contributed by atoms with Gasteiger partial charge in [0.25, 0.3) is 0 Å². The summed E-state index contributed by atoms with van der Waals surface area (Å²) in [7, 11) is 0. The minimum absolute atomic E-state index is 0.136. The Morgan fingerprint density at radius 2 is 1.93 bits per heavy atom. The van der Waals surface area contributed by atoms with Gasteiger partial charge in [0, 0.05) is 24.7 Å². The molecule has 162 valence electrons. The molecular weight excluding hydrogens is 371 g/mol. The third kappa shape index (κ3) is 7.23. The van der Waals surface area contributed by atoms with E-state index in [-0.39, 0.29) is 24.7 Å². The number of aliphatic hydroxyl groups is 2. The van der Waals surface area contributed by atoms with Crippen LogP contribution in [0.15, 0.2) is 36.4 Å². The van der Waals surface area contributed by atoms with E-state index in [1.807, 2.05) is 36.4 Å². The number of carbonyl (C=O) groups is 1. The molecule has 1 aromatic carbocycles. The maximum atomic E-state index is 14.5. The molecule has 0 spiro atoms. The number of carboxylic acids is 1. The Balaban J connectivity index is 1.96. The summed E-state index contributed by atoms with van der Waals surface area (Å²) >= 11 is 0. The van der Waals surface area contributed by atoms with Crippen LogP contribution in [-0.4, -0.2) is 33.6 Å². The molecule has 1 unspecified atom stereocenters. The van der Waals surface area contributed by atoms with Crippen LogP contribution in [0, 0.1) is 5.92 Å². The molecule has 0 saturated heterocycles. The quantitative estimate of drug-likeness (QED) is 0.325. The van der Waals surface area contributed by atoms with Gasteiger partial charge in [0.15, 0.2) is 0 Å². The Hall–Kier alpha value is -1.72. The van der Waals surface area contributed by atoms with Crippen LogP contribution in [-0.2, 0) is 4.79 Å². The zero-order chi connectivity index (χ0) is 21.2. The van der Waals surface area contributed by atoms with Crippen molar-refractivity contribution in [2.24, 2.45) is 5.92 Å². The predicted octanol–water partition coefficient (Wildman–Crippen LogP) is 5.30. The second-order valence-corrected chi connectivity index (χ2v) is 8.18. The van der Waals surface area contributed by atoms with Crippen molar-refractivity contribution < 1.29 is 24.5 Å². The highest BCUT2D eigenvalue weighted by molar-refractivity contribution is 5.66. The van der Waals surface area contributed by atoms with Gasteiger partial charge in [0.2, 0.25) is 0 Å². The van der Waals surface area contributed by atoms with Gasteiger partial charge in [-0.2, -0.15) is 0 Å². The summed E-state index contributed by atoms with van der Waals surface area (Å²) in [6.45, 7) is 2.13. The van der Waals surface area contributed by atoms with Crippen LogP contribution in [0.4, 0.5) is 4.39 Å². The third-order valence-electron chi connectivity index (χ3n) is 5.93. The van der Waals surface area contributed by atoms with Gasteiger partial charge in [-0.05, 0) is 36.8 Å². The number of hydrogen-bond donors (Lipinski definition) is 3. The normalized spacial score (nSPS) is 25.5. The first kappa shape index (κ1) is 23.6. The molecule has 1 saturated carbocycles. The molecule has 1 aromatic rings. The summed E-state index contributed by atoms with van der Waals surface area (Å²) in [5.74, 6) is -1.36. The summed E-state index contributed by atoms with van der Waals surface area (Å²) in [6, 6.07) is 7.60. The predicted molar refractivity (Wildman–Crippen MR) is 113 cm³/mol. The number of benzene rings is 1. The summed E-state index contributed by atoms with van der Waals surface area (Å²) in [5.41, 5.74) is 1.77. The lowest BCUT2D eigenvalue weighted by molar-refractivity contribution is -0.137. The van der Waals surface area contributed by atoms with Crippen molar-refractivity contribution in [1.82, 2.24) is 0 Å². The van der Waals surface area contributed by atoms with E-state index in [1.165, 1.54) is 0 Å². The smallest absolute Gasteiger partial charge is 0.303 e. The van der Waals surface area contributed by atoms with Crippen molar-refractivity contribution in [3.63, 3.8) is 0 Å². The van der Waals surface area contributed by atoms with Gasteiger partial charge in [-0.25, -0.2) is 4.39 Å². The Morgan fingerprint density at radius 1 is 1.21 bits per heavy atom. The Labute approximate surface area is 173 Å². The van der Waals surface area contributed by atoms with Gasteiger partial charge < -0.3 is 15.3 Å². The lowest BCUT2D eigenvalue weighted by atomic mass is 9.84. The van der Waals surface area contributed by atoms with Crippen molar-refractivity contribution in [2.45, 2.75) is 89.0 Å². The molecule has 29 heavy (non-hydrogen) atoms. The molecule has 2 rings (SSSR count). The van der Waals surface area contributed by atoms with Gasteiger partial charge in [0.1, 0.15) is 6.17 Å². The van der Waals surface area contributed by atoms with Crippen LogP contribution >= 0.6 is 0 Å². The van der Waals surface area contributed by atoms with Gasteiger partial charge in [-0.15, -0.1) is 0 Å². The van der Waals surface area contributed by atoms with Crippen molar-refractivity contribution in [3.05, 3.63) is 47.5 Å². The second kappa shape index (κ2) is 12.1. The highest BCUT2D eigenvalue weighted by Crippen LogP contribution is 2.44. The molecule has 1 aliphatic carbocycles. The molecule has 1 fully saturated rings. The molecule has 1 aliphatic rings. The van der Waals surface area contributed by atoms with Crippen molar-refractivity contribution >= 4 is 5.97 Å². The highest BCUT2D eigenvalue weighted by atomic mass is 19.1. The minimum atomic E-state index is -1.06. The topological polar surface area (TPSA) is 77.8 Å². The van der Waals surface area contributed by atoms with Crippen LogP contribution in [0.25, 0.3) is 0 Å². The average Bonchev–Trinajstić information content (AvgIpc) is 2.97. The Kier molecular flexibility index (Phi) is 9.82. The highest BCUT2D eigenvalue weighted by Gasteiger charge is 2.42. The van der Waals surface area contributed by atoms with Crippen molar-refractivity contribution in [1.29, 1.82) is 0 Å². The number of unbranched alkanes of at least 4 members (excludes halogenated alkanes) is 3. The molecule has 0 radical (unpaired) electrons. The summed E-state index contributed by atoms with van der Waals surface area (Å²) in [4.78, 5) is 10.5. The van der Waals surface area contributed by atoms with Crippen LogP contribution in [0.2, 0.25) is 0 Å². The molecule has 5 heteroatoms. The van der Waals surface area contributed by atoms with E-state index in [0.717, 1.165) is 36.8 Å². The summed E-state index contributed by atoms with van der Waals surface area (Å²) < 4.78 is 14.5. The number of aliphatic hydroxyl groups excluding tert-OH is 2. The fourth-order valence-corrected chi connectivity index (χ4v) is 4.26. The van der Waals surface area contributed by atoms with Gasteiger partial charge in [-0.3, -0.25) is 4.79 Å². The molecule has 0 heterocycles. The number of halogens is 1. The zero-order valence-electron chi connectivity index (χ0n) is 17.3. The van der Waals surface area contributed by atoms with E-state index < -0.39 is 24.3 Å². The summed E-state index contributed by atoms with van der Waals surface area (Å²) in [6.07, 6.45) is 7.56. The lowest BCUT2D eigenvalue weighted by Gasteiger charge is -2.23. The van der Waals surface area contributed by atoms with Crippen LogP contribution in [0.5, 0.6) is 0 Å². The van der Waals surface area contributed by atoms with Crippen molar-refractivity contribution in [2.75, 3.05) is 0 Å². The van der Waals surface area contributed by atoms with E-state index in [1.54, 1.807) is 0 Å². The number of aliphatic carboxylic acids is 1. The SMILES string of the molecule is CCCCCC(O)c1ccc([C@@H]2[C@@H](CC=CCCCC(=O)O)[C@H](F)C[C@H]2O)cc1. The molecule has 4 nitrogen and oxygen atoms in total. The zero-order valence-corrected chi connectivity index (χ0v) is 17.3. The number of hydrogen-bond acceptors (Lipinski definition) is 3. The van der Waals surface area contributed by atoms with Crippen molar-refractivity contribution in [3.8, 4) is 0 Å². The van der Waals surface area contributed by atoms with E-state index in [4.69, 9.17) is 5.11 Å². The fraction of sp³-hybridized carbons (Fsp3) is 0.625. The first-order valence-electron chi connectivity index (χ1n) is 10.9. The first-order chi connectivity index (χ1) is 13.9. The van der Waals surface area contributed by atoms with Gasteiger partial charge >= 0.3 is 5.97 Å². The Morgan fingerprint density at radius 3 is 2.59 bits per heavy atom. The lowest BCUT2D eigenvalue weighted by Crippen LogP contribution is -2.18. The first-order valence-corrected chi connectivity index (χ1v) is 10.9. The van der Waals surface area contributed by atoms with Crippen LogP contribution < -0.4 is 0 Å². The average molecular weight is 407 g/mol. The van der Waals surface area contributed by atoms with Gasteiger partial charge in [-0.1, -0.05) is 62.6 Å². The number of alkyl halides is 1. The summed E-state index contributed by atoms with van der Waals surface area (Å²) in [5, 5.41) is 29.4. The number of rotatable bonds is 12. The van der Waals surface area contributed by atoms with E-state index in [2.05, 4.69) is 6.92 Å². The second-order valence-electron chi connectivity index (χ2n) is 8.18.